The van der Waals surface area contributed by atoms with Crippen LogP contribution in [0.2, 0.25) is 0 Å². The summed E-state index contributed by atoms with van der Waals surface area (Å²) in [6, 6.07) is 22.4. The van der Waals surface area contributed by atoms with Crippen LogP contribution in [0.5, 0.6) is 0 Å². The molecule has 26 heavy (non-hydrogen) atoms. The number of rotatable bonds is 5. The Morgan fingerprint density at radius 1 is 0.846 bits per heavy atom. The molecule has 0 saturated heterocycles. The molecule has 0 atom stereocenters. The number of imidazole rings is 1. The number of benzene rings is 1. The van der Waals surface area contributed by atoms with Crippen LogP contribution in [0.1, 0.15) is 11.4 Å². The number of aromatic nitrogens is 4. The zero-order valence-corrected chi connectivity index (χ0v) is 14.7. The molecular formula is C22H20N4. The third kappa shape index (κ3) is 3.40. The van der Waals surface area contributed by atoms with Crippen molar-refractivity contribution >= 4 is 0 Å². The molecule has 4 aromatic rings. The summed E-state index contributed by atoms with van der Waals surface area (Å²) >= 11 is 0. The Labute approximate surface area is 153 Å². The van der Waals surface area contributed by atoms with Gasteiger partial charge in [0.05, 0.1) is 23.4 Å². The summed E-state index contributed by atoms with van der Waals surface area (Å²) < 4.78 is 2.18. The number of pyridine rings is 2. The maximum absolute atomic E-state index is 4.74. The van der Waals surface area contributed by atoms with Crippen LogP contribution in [0.4, 0.5) is 0 Å². The fourth-order valence-electron chi connectivity index (χ4n) is 3.08. The molecule has 3 heterocycles. The van der Waals surface area contributed by atoms with Crippen molar-refractivity contribution in [3.8, 4) is 22.6 Å². The summed E-state index contributed by atoms with van der Waals surface area (Å²) in [5, 5.41) is 0. The molecule has 3 aromatic heterocycles. The minimum Gasteiger partial charge on any atom is -0.328 e. The summed E-state index contributed by atoms with van der Waals surface area (Å²) in [4.78, 5) is 13.9. The Morgan fingerprint density at radius 2 is 1.69 bits per heavy atom. The fraction of sp³-hybridized carbons (Fsp3) is 0.136. The fourth-order valence-corrected chi connectivity index (χ4v) is 3.08. The van der Waals surface area contributed by atoms with E-state index in [-0.39, 0.29) is 0 Å². The van der Waals surface area contributed by atoms with Crippen LogP contribution in [0, 0.1) is 6.92 Å². The molecular weight excluding hydrogens is 320 g/mol. The van der Waals surface area contributed by atoms with Gasteiger partial charge in [-0.15, -0.1) is 0 Å². The first-order valence-corrected chi connectivity index (χ1v) is 8.76. The van der Waals surface area contributed by atoms with E-state index in [2.05, 4.69) is 27.8 Å². The molecule has 4 heteroatoms. The van der Waals surface area contributed by atoms with E-state index in [0.29, 0.717) is 0 Å². The average Bonchev–Trinajstić information content (AvgIpc) is 3.12. The second-order valence-electron chi connectivity index (χ2n) is 6.24. The number of hydrogen-bond acceptors (Lipinski definition) is 3. The summed E-state index contributed by atoms with van der Waals surface area (Å²) in [5.41, 5.74) is 6.13. The molecule has 0 radical (unpaired) electrons. The minimum absolute atomic E-state index is 0.807. The van der Waals surface area contributed by atoms with E-state index in [1.54, 1.807) is 0 Å². The molecule has 1 aromatic carbocycles. The molecule has 0 unspecified atom stereocenters. The molecule has 0 bridgehead atoms. The van der Waals surface area contributed by atoms with Crippen molar-refractivity contribution in [2.45, 2.75) is 19.9 Å². The van der Waals surface area contributed by atoms with E-state index in [0.717, 1.165) is 47.0 Å². The zero-order chi connectivity index (χ0) is 17.8. The predicted molar refractivity (Wildman–Crippen MR) is 104 cm³/mol. The normalized spacial score (nSPS) is 10.8. The van der Waals surface area contributed by atoms with Crippen LogP contribution < -0.4 is 0 Å². The highest BCUT2D eigenvalue weighted by atomic mass is 15.1. The first kappa shape index (κ1) is 16.2. The molecule has 4 rings (SSSR count). The van der Waals surface area contributed by atoms with Gasteiger partial charge in [0, 0.05) is 36.1 Å². The van der Waals surface area contributed by atoms with Crippen molar-refractivity contribution in [1.82, 2.24) is 19.5 Å². The van der Waals surface area contributed by atoms with E-state index < -0.39 is 0 Å². The Bertz CT molecular complexity index is 991. The summed E-state index contributed by atoms with van der Waals surface area (Å²) in [6.45, 7) is 2.82. The number of nitrogens with zero attached hydrogens (tertiary/aromatic N) is 4. The van der Waals surface area contributed by atoms with Crippen molar-refractivity contribution < 1.29 is 0 Å². The van der Waals surface area contributed by atoms with Gasteiger partial charge in [-0.3, -0.25) is 9.97 Å². The van der Waals surface area contributed by atoms with Crippen LogP contribution in [0.15, 0.2) is 79.3 Å². The molecule has 0 fully saturated rings. The Kier molecular flexibility index (Phi) is 4.56. The Morgan fingerprint density at radius 3 is 2.46 bits per heavy atom. The lowest BCUT2D eigenvalue weighted by Crippen LogP contribution is -2.04. The van der Waals surface area contributed by atoms with Gasteiger partial charge in [0.2, 0.25) is 0 Å². The molecule has 128 valence electrons. The highest BCUT2D eigenvalue weighted by molar-refractivity contribution is 5.76. The van der Waals surface area contributed by atoms with Gasteiger partial charge in [0.25, 0.3) is 0 Å². The first-order chi connectivity index (χ1) is 12.8. The van der Waals surface area contributed by atoms with Gasteiger partial charge in [0.1, 0.15) is 0 Å². The predicted octanol–water partition coefficient (Wildman–Crippen LogP) is 4.56. The Balaban J connectivity index is 1.75. The van der Waals surface area contributed by atoms with Gasteiger partial charge in [-0.1, -0.05) is 42.5 Å². The zero-order valence-electron chi connectivity index (χ0n) is 14.7. The van der Waals surface area contributed by atoms with E-state index in [9.17, 15) is 0 Å². The second kappa shape index (κ2) is 7.31. The number of aryl methyl sites for hydroxylation is 3. The second-order valence-corrected chi connectivity index (χ2v) is 6.24. The molecule has 0 aliphatic heterocycles. The topological polar surface area (TPSA) is 43.6 Å². The monoisotopic (exact) mass is 340 g/mol. The Hall–Kier alpha value is -3.27. The van der Waals surface area contributed by atoms with Crippen LogP contribution in [-0.4, -0.2) is 19.5 Å². The van der Waals surface area contributed by atoms with Crippen LogP contribution in [0.25, 0.3) is 22.6 Å². The molecule has 0 aliphatic rings. The van der Waals surface area contributed by atoms with Gasteiger partial charge in [-0.05, 0) is 31.2 Å². The van der Waals surface area contributed by atoms with E-state index in [1.165, 1.54) is 0 Å². The van der Waals surface area contributed by atoms with Crippen molar-refractivity contribution in [2.75, 3.05) is 0 Å². The van der Waals surface area contributed by atoms with E-state index >= 15 is 0 Å². The SMILES string of the molecule is Cc1cccc(-c2c(-c3ccccc3)ncn2CCc2ccccn2)n1. The molecule has 0 N–H and O–H groups in total. The summed E-state index contributed by atoms with van der Waals surface area (Å²) in [6.07, 6.45) is 4.59. The lowest BCUT2D eigenvalue weighted by Gasteiger charge is -2.10. The van der Waals surface area contributed by atoms with Crippen LogP contribution in [0.3, 0.4) is 0 Å². The summed E-state index contributed by atoms with van der Waals surface area (Å²) in [7, 11) is 0. The first-order valence-electron chi connectivity index (χ1n) is 8.76. The largest absolute Gasteiger partial charge is 0.328 e. The van der Waals surface area contributed by atoms with Gasteiger partial charge in [-0.25, -0.2) is 4.98 Å². The molecule has 0 spiro atoms. The smallest absolute Gasteiger partial charge is 0.0979 e. The van der Waals surface area contributed by atoms with Gasteiger partial charge in [0.15, 0.2) is 0 Å². The van der Waals surface area contributed by atoms with Crippen LogP contribution >= 0.6 is 0 Å². The maximum Gasteiger partial charge on any atom is 0.0979 e. The molecule has 0 saturated carbocycles. The number of hydrogen-bond donors (Lipinski definition) is 0. The highest BCUT2D eigenvalue weighted by Crippen LogP contribution is 2.30. The van der Waals surface area contributed by atoms with E-state index in [1.807, 2.05) is 68.0 Å². The molecule has 4 nitrogen and oxygen atoms in total. The molecule has 0 amide bonds. The minimum atomic E-state index is 0.807. The standard InChI is InChI=1S/C22H20N4/c1-17-8-7-12-20(25-17)22-21(18-9-3-2-4-10-18)24-16-26(22)15-13-19-11-5-6-14-23-19/h2-12,14,16H,13,15H2,1H3. The van der Waals surface area contributed by atoms with Crippen molar-refractivity contribution in [1.29, 1.82) is 0 Å². The van der Waals surface area contributed by atoms with Crippen molar-refractivity contribution in [3.63, 3.8) is 0 Å². The van der Waals surface area contributed by atoms with E-state index in [4.69, 9.17) is 9.97 Å². The third-order valence-electron chi connectivity index (χ3n) is 4.35. The van der Waals surface area contributed by atoms with Gasteiger partial charge < -0.3 is 4.57 Å². The van der Waals surface area contributed by atoms with Crippen molar-refractivity contribution in [2.24, 2.45) is 0 Å². The van der Waals surface area contributed by atoms with Crippen LogP contribution in [-0.2, 0) is 13.0 Å². The summed E-state index contributed by atoms with van der Waals surface area (Å²) in [5.74, 6) is 0. The lowest BCUT2D eigenvalue weighted by atomic mass is 10.1. The third-order valence-corrected chi connectivity index (χ3v) is 4.35. The highest BCUT2D eigenvalue weighted by Gasteiger charge is 2.16. The van der Waals surface area contributed by atoms with Crippen molar-refractivity contribution in [3.05, 3.63) is 90.6 Å². The maximum atomic E-state index is 4.74. The average molecular weight is 340 g/mol. The quantitative estimate of drug-likeness (QED) is 0.535. The van der Waals surface area contributed by atoms with Gasteiger partial charge >= 0.3 is 0 Å². The lowest BCUT2D eigenvalue weighted by molar-refractivity contribution is 0.689. The van der Waals surface area contributed by atoms with Gasteiger partial charge in [-0.2, -0.15) is 0 Å². The molecule has 0 aliphatic carbocycles.